The summed E-state index contributed by atoms with van der Waals surface area (Å²) in [5.74, 6) is 0. The predicted molar refractivity (Wildman–Crippen MR) is 182 cm³/mol. The fraction of sp³-hybridized carbons (Fsp3) is 0.162. The van der Waals surface area contributed by atoms with Crippen LogP contribution < -0.4 is 39.7 Å². The van der Waals surface area contributed by atoms with E-state index in [0.717, 1.165) is 48.7 Å². The fourth-order valence-electron chi connectivity index (χ4n) is 5.56. The van der Waals surface area contributed by atoms with E-state index in [1.807, 2.05) is 85.0 Å². The molecule has 0 unspecified atom stereocenters. The quantitative estimate of drug-likeness (QED) is 0.0525. The predicted octanol–water partition coefficient (Wildman–Crippen LogP) is 3.45. The Kier molecular flexibility index (Phi) is 14.0. The van der Waals surface area contributed by atoms with Gasteiger partial charge < -0.3 is 14.7 Å². The van der Waals surface area contributed by atoms with E-state index in [2.05, 4.69) is 57.0 Å². The van der Waals surface area contributed by atoms with Gasteiger partial charge in [-0.2, -0.15) is 4.33 Å². The molecule has 8 nitrogen and oxygen atoms in total. The van der Waals surface area contributed by atoms with Crippen LogP contribution in [-0.4, -0.2) is 36.3 Å². The summed E-state index contributed by atoms with van der Waals surface area (Å²) in [5, 5.41) is 13.8. The topological polar surface area (TPSA) is 105 Å². The van der Waals surface area contributed by atoms with Gasteiger partial charge in [-0.1, -0.05) is 78.9 Å². The maximum Gasteiger partial charge on any atom is 1.00 e. The Morgan fingerprint density at radius 2 is 1.46 bits per heavy atom. The molecule has 0 spiro atoms. The molecule has 0 N–H and O–H groups in total. The van der Waals surface area contributed by atoms with Crippen molar-refractivity contribution in [1.29, 1.82) is 0 Å². The Hall–Kier alpha value is -3.29. The second kappa shape index (κ2) is 17.9. The van der Waals surface area contributed by atoms with Crippen molar-refractivity contribution in [3.63, 3.8) is 0 Å². The molecule has 4 aromatic carbocycles. The average Bonchev–Trinajstić information content (AvgIpc) is 3.10. The third-order valence-corrected chi connectivity index (χ3v) is 9.33. The number of allylic oxidation sites excluding steroid dienone is 5. The minimum atomic E-state index is -4.94. The van der Waals surface area contributed by atoms with E-state index in [9.17, 15) is 18.2 Å². The molecule has 0 bridgehead atoms. The van der Waals surface area contributed by atoms with Crippen LogP contribution in [0, 0.1) is 0 Å². The smallest absolute Gasteiger partial charge is 0.744 e. The first-order valence-corrected chi connectivity index (χ1v) is 17.3. The van der Waals surface area contributed by atoms with E-state index in [1.165, 1.54) is 17.2 Å². The van der Waals surface area contributed by atoms with Crippen molar-refractivity contribution < 1.29 is 61.7 Å². The first-order chi connectivity index (χ1) is 22.8. The minimum Gasteiger partial charge on any atom is -0.744 e. The van der Waals surface area contributed by atoms with Crippen LogP contribution >= 0.6 is 12.0 Å². The number of benzene rings is 4. The van der Waals surface area contributed by atoms with Gasteiger partial charge in [-0.15, -0.1) is 0 Å². The molecular weight excluding hydrogens is 656 g/mol. The summed E-state index contributed by atoms with van der Waals surface area (Å²) in [5.41, 5.74) is 6.67. The summed E-state index contributed by atoms with van der Waals surface area (Å²) < 4.78 is 44.5. The van der Waals surface area contributed by atoms with Gasteiger partial charge in [-0.25, -0.2) is 13.0 Å². The molecule has 1 aliphatic rings. The van der Waals surface area contributed by atoms with Crippen molar-refractivity contribution in [1.82, 2.24) is 0 Å². The van der Waals surface area contributed by atoms with Crippen LogP contribution in [0.2, 0.25) is 0 Å². The first-order valence-electron chi connectivity index (χ1n) is 15.2. The van der Waals surface area contributed by atoms with E-state index < -0.39 is 15.0 Å². The van der Waals surface area contributed by atoms with Crippen LogP contribution in [0.25, 0.3) is 5.57 Å². The molecule has 1 aliphatic carbocycles. The van der Waals surface area contributed by atoms with Crippen LogP contribution in [-0.2, 0) is 32.6 Å². The van der Waals surface area contributed by atoms with Crippen LogP contribution in [0.4, 0.5) is 5.69 Å². The van der Waals surface area contributed by atoms with E-state index >= 15 is 0 Å². The molecule has 0 aliphatic heterocycles. The van der Waals surface area contributed by atoms with Gasteiger partial charge in [0.1, 0.15) is 16.7 Å². The zero-order valence-electron chi connectivity index (χ0n) is 27.1. The molecule has 0 saturated heterocycles. The third-order valence-electron chi connectivity index (χ3n) is 7.89. The zero-order chi connectivity index (χ0) is 33.2. The monoisotopic (exact) mass is 690 g/mol. The number of hydrogen-bond donors (Lipinski definition) is 0. The molecule has 0 heterocycles. The summed E-state index contributed by atoms with van der Waals surface area (Å²) in [6.45, 7) is 7.24. The number of nitrogens with zero attached hydrogens (tertiary/aromatic N) is 2. The van der Waals surface area contributed by atoms with E-state index in [1.54, 1.807) is 12.1 Å². The molecule has 0 radical (unpaired) electrons. The van der Waals surface area contributed by atoms with Gasteiger partial charge in [-0.3, -0.25) is 5.04 Å². The molecule has 5 rings (SSSR count). The molecule has 0 amide bonds. The third kappa shape index (κ3) is 9.66. The van der Waals surface area contributed by atoms with Crippen LogP contribution in [0.5, 0.6) is 0 Å². The zero-order valence-corrected chi connectivity index (χ0v) is 30.7. The minimum absolute atomic E-state index is 0. The van der Waals surface area contributed by atoms with Crippen molar-refractivity contribution in [3.05, 3.63) is 155 Å². The molecule has 48 heavy (non-hydrogen) atoms. The van der Waals surface area contributed by atoms with Gasteiger partial charge in [-0.05, 0) is 72.5 Å². The maximum absolute atomic E-state index is 12.6. The number of hydrogen-bond acceptors (Lipinski definition) is 8. The normalized spacial score (nSPS) is 12.5. The molecular formula is C37H35N2NaO6S2. The van der Waals surface area contributed by atoms with Gasteiger partial charge in [0.25, 0.3) is 0 Å². The Morgan fingerprint density at radius 3 is 2.02 bits per heavy atom. The standard InChI is InChI=1S/C37H36N2O6S2.Na/c1-3-38(26-28-11-7-5-8-12-28)32-19-15-30(16-20-32)37(35-24-23-34(46-45-44-40)25-36(35)47(41,42)43)31-17-21-33(22-18-31)39(4-2)27-29-13-9-6-10-14-29;/h5-25H,3-4,26-27H2,1-2H3,(H-,40,41,42,43);/q;+1/p-1. The van der Waals surface area contributed by atoms with Gasteiger partial charge in [0.05, 0.1) is 16.9 Å². The summed E-state index contributed by atoms with van der Waals surface area (Å²) in [4.78, 5) is 2.04. The molecule has 0 saturated carbocycles. The van der Waals surface area contributed by atoms with Crippen molar-refractivity contribution in [2.24, 2.45) is 0 Å². The fourth-order valence-corrected chi connectivity index (χ4v) is 6.74. The second-order valence-electron chi connectivity index (χ2n) is 10.8. The number of rotatable bonds is 13. The van der Waals surface area contributed by atoms with E-state index in [0.29, 0.717) is 17.6 Å². The molecule has 11 heteroatoms. The van der Waals surface area contributed by atoms with Crippen LogP contribution in [0.15, 0.2) is 143 Å². The largest absolute Gasteiger partial charge is 1.00 e. The SMILES string of the molecule is CCN(Cc1ccccc1)c1ccc(C(=C2C=CC(=[N+](CC)Cc3ccccc3)C=C2)c2ccc(SOO[O-])cc2S(=O)(=O)[O-])cc1.[Na+]. The van der Waals surface area contributed by atoms with Gasteiger partial charge in [0.15, 0.2) is 12.3 Å². The second-order valence-corrected chi connectivity index (χ2v) is 12.9. The van der Waals surface area contributed by atoms with Gasteiger partial charge in [0, 0.05) is 47.0 Å². The Bertz CT molecular complexity index is 1890. The Morgan fingerprint density at radius 1 is 0.833 bits per heavy atom. The van der Waals surface area contributed by atoms with Crippen molar-refractivity contribution in [3.8, 4) is 0 Å². The summed E-state index contributed by atoms with van der Waals surface area (Å²) in [6, 6.07) is 32.6. The first kappa shape index (κ1) is 37.5. The summed E-state index contributed by atoms with van der Waals surface area (Å²) in [7, 11) is -4.94. The molecule has 4 aromatic rings. The average molecular weight is 691 g/mol. The van der Waals surface area contributed by atoms with Crippen molar-refractivity contribution in [2.45, 2.75) is 36.7 Å². The molecule has 0 fully saturated rings. The summed E-state index contributed by atoms with van der Waals surface area (Å²) >= 11 is 0.521. The van der Waals surface area contributed by atoms with Crippen molar-refractivity contribution in [2.75, 3.05) is 18.0 Å². The van der Waals surface area contributed by atoms with E-state index in [4.69, 9.17) is 0 Å². The summed E-state index contributed by atoms with van der Waals surface area (Å²) in [6.07, 6.45) is 7.89. The molecule has 0 aromatic heterocycles. The molecule has 0 atom stereocenters. The Balaban J connectivity index is 0.00000520. The van der Waals surface area contributed by atoms with Crippen molar-refractivity contribution >= 4 is 39.1 Å². The molecule has 242 valence electrons. The van der Waals surface area contributed by atoms with E-state index in [-0.39, 0.29) is 40.0 Å². The van der Waals surface area contributed by atoms with Crippen LogP contribution in [0.1, 0.15) is 36.1 Å². The maximum atomic E-state index is 12.6. The van der Waals surface area contributed by atoms with Gasteiger partial charge >= 0.3 is 29.6 Å². The Labute approximate surface area is 308 Å². The number of anilines is 1. The van der Waals surface area contributed by atoms with Crippen LogP contribution in [0.3, 0.4) is 0 Å². The van der Waals surface area contributed by atoms with Gasteiger partial charge in [0.2, 0.25) is 0 Å².